The van der Waals surface area contributed by atoms with E-state index < -0.39 is 0 Å². The molecule has 8 amide bonds. The lowest BCUT2D eigenvalue weighted by Crippen LogP contribution is -2.53. The van der Waals surface area contributed by atoms with E-state index >= 15 is 0 Å². The predicted molar refractivity (Wildman–Crippen MR) is 444 cm³/mol. The van der Waals surface area contributed by atoms with Gasteiger partial charge in [-0.3, -0.25) is 76.7 Å². The Labute approximate surface area is 703 Å². The van der Waals surface area contributed by atoms with E-state index in [1.807, 2.05) is 41.5 Å². The zero-order chi connectivity index (χ0) is 89.9. The summed E-state index contributed by atoms with van der Waals surface area (Å²) in [6.45, 7) is 57.1. The van der Waals surface area contributed by atoms with Crippen LogP contribution in [0.15, 0.2) is 101 Å². The highest BCUT2D eigenvalue weighted by Gasteiger charge is 2.42. The Kier molecular flexibility index (Phi) is 52.9. The minimum atomic E-state index is -0.247. The highest BCUT2D eigenvalue weighted by Crippen LogP contribution is 2.25. The minimum Gasteiger partial charge on any atom is -0.469 e. The van der Waals surface area contributed by atoms with Crippen LogP contribution in [0.5, 0.6) is 0 Å². The number of esters is 8. The normalized spacial score (nSPS) is 16.1. The van der Waals surface area contributed by atoms with Crippen LogP contribution in [-0.2, 0) is 115 Å². The molecule has 8 aliphatic heterocycles. The fourth-order valence-corrected chi connectivity index (χ4v) is 11.4. The zero-order valence-electron chi connectivity index (χ0n) is 72.3. The SMILES string of the molecule is C=CC(=O)N1CC(C(=O)OC(C)C)C1.C=CC(=O)N1CC(C(=O)OC)C1.C=CC(=O)N1CC(C(=O)OCC(C)C)C1.C=CC(=O)N1CC(C(=O)OCC(CC)CCCC)C1.C=CC(=O)N1CC(C(=O)OCC)C1.C=CC(=O)N1CC(C(=O)OCCC)C1.C=CC(=O)N1CC(C(=O)OCCCC)C1.C=CC(=O)N1CC(C(=O)OCCCCCC)C1. The van der Waals surface area contributed by atoms with Crippen molar-refractivity contribution in [3.05, 3.63) is 101 Å². The fourth-order valence-electron chi connectivity index (χ4n) is 11.4. The van der Waals surface area contributed by atoms with Gasteiger partial charge in [0.1, 0.15) is 0 Å². The van der Waals surface area contributed by atoms with Crippen LogP contribution in [0.2, 0.25) is 0 Å². The Bertz CT molecular complexity index is 3380. The maximum absolute atomic E-state index is 11.8. The van der Waals surface area contributed by atoms with Crippen molar-refractivity contribution in [1.82, 2.24) is 39.2 Å². The molecule has 0 radical (unpaired) electrons. The van der Waals surface area contributed by atoms with Crippen LogP contribution in [0.25, 0.3) is 0 Å². The second-order valence-electron chi connectivity index (χ2n) is 29.9. The van der Waals surface area contributed by atoms with E-state index in [2.05, 4.69) is 78.1 Å². The van der Waals surface area contributed by atoms with Crippen LogP contribution in [0, 0.1) is 59.2 Å². The largest absolute Gasteiger partial charge is 0.469 e. The Hall–Kier alpha value is -10.6. The maximum Gasteiger partial charge on any atom is 0.312 e. The average Bonchev–Trinajstić information content (AvgIpc) is 0.922. The number of nitrogens with zero attached hydrogens (tertiary/aromatic N) is 8. The van der Waals surface area contributed by atoms with Gasteiger partial charge in [-0.05, 0) is 107 Å². The van der Waals surface area contributed by atoms with Crippen molar-refractivity contribution in [2.24, 2.45) is 59.2 Å². The quantitative estimate of drug-likeness (QED) is 0.0261. The number of hydrogen-bond donors (Lipinski definition) is 0. The van der Waals surface area contributed by atoms with Crippen LogP contribution in [0.3, 0.4) is 0 Å². The van der Waals surface area contributed by atoms with E-state index in [0.29, 0.717) is 156 Å². The number of rotatable bonds is 36. The Morgan fingerprint density at radius 1 is 0.294 bits per heavy atom. The number of unbranched alkanes of at least 4 members (excludes halogenated alkanes) is 5. The standard InChI is InChI=1S/C15H25NO3.C13H21NO3.2C11H17NO3.2C10H15NO3.C9H13NO3.C8H11NO3/c1-4-7-8-12(5-2)11-19-15(18)13-9-16(10-13)14(17)6-3;1-3-5-6-7-8-17-13(16)11-9-14(10-11)12(15)4-2;1-4-10(13)12-5-9(6-12)11(14)15-7-8(2)3;1-3-5-6-15-11(14)9-7-12(8-9)10(13)4-2;1-4-9(12)11-5-8(6-11)10(13)14-7(2)3;1-3-5-14-10(13)8-6-11(7-8)9(12)4-2;1-3-8(11)10-5-7(6-10)9(12)13-4-2;1-3-7(10)9-4-6(5-9)8(11)12-2/h6,12-13H,3-5,7-11H2,1-2H3;4,11H,2-3,5-10H2,1H3;4,8-9H,1,5-7H2,2-3H3;4,9H,2-3,5-8H2,1H3;4,7-8H,1,5-6H2,2-3H3;4,8H,2-3,5-7H2,1H3;3,7H,1,4-6H2,2H3;3,6H,1,4-5H2,2H3. The number of carbonyl (C=O) groups is 16. The van der Waals surface area contributed by atoms with E-state index in [4.69, 9.17) is 33.2 Å². The summed E-state index contributed by atoms with van der Waals surface area (Å²) in [7, 11) is 1.35. The van der Waals surface area contributed by atoms with Gasteiger partial charge in [-0.1, -0.05) is 146 Å². The first kappa shape index (κ1) is 106. The molecular formula is C87H134N8O24. The second-order valence-corrected chi connectivity index (χ2v) is 29.9. The van der Waals surface area contributed by atoms with Crippen molar-refractivity contribution in [3.8, 4) is 0 Å². The van der Waals surface area contributed by atoms with Gasteiger partial charge < -0.3 is 77.1 Å². The van der Waals surface area contributed by atoms with Crippen LogP contribution >= 0.6 is 0 Å². The lowest BCUT2D eigenvalue weighted by molar-refractivity contribution is -0.161. The van der Waals surface area contributed by atoms with Gasteiger partial charge in [0.25, 0.3) is 0 Å². The summed E-state index contributed by atoms with van der Waals surface area (Å²) >= 11 is 0. The lowest BCUT2D eigenvalue weighted by atomic mass is 9.99. The van der Waals surface area contributed by atoms with Gasteiger partial charge in [-0.2, -0.15) is 0 Å². The summed E-state index contributed by atoms with van der Waals surface area (Å²) in [6, 6.07) is 0. The predicted octanol–water partition coefficient (Wildman–Crippen LogP) is 7.11. The first-order chi connectivity index (χ1) is 56.6. The second kappa shape index (κ2) is 59.2. The Morgan fingerprint density at radius 2 is 0.546 bits per heavy atom. The summed E-state index contributed by atoms with van der Waals surface area (Å²) in [6.07, 6.45) is 21.6. The number of ether oxygens (including phenoxy) is 8. The van der Waals surface area contributed by atoms with Crippen molar-refractivity contribution in [2.45, 2.75) is 146 Å². The molecule has 8 rings (SSSR count). The molecule has 32 heteroatoms. The van der Waals surface area contributed by atoms with E-state index in [1.165, 1.54) is 81.4 Å². The third kappa shape index (κ3) is 39.3. The van der Waals surface area contributed by atoms with E-state index in [0.717, 1.165) is 44.9 Å². The van der Waals surface area contributed by atoms with Gasteiger partial charge in [0.05, 0.1) is 100 Å². The highest BCUT2D eigenvalue weighted by molar-refractivity contribution is 5.94. The minimum absolute atomic E-state index is 0.0911. The number of likely N-dealkylation sites (tertiary alicyclic amines) is 8. The topological polar surface area (TPSA) is 373 Å². The summed E-state index contributed by atoms with van der Waals surface area (Å²) in [5.41, 5.74) is 0. The van der Waals surface area contributed by atoms with Crippen LogP contribution in [-0.4, -0.2) is 292 Å². The Morgan fingerprint density at radius 3 is 0.790 bits per heavy atom. The number of methoxy groups -OCH3 is 1. The molecule has 8 saturated heterocycles. The molecular weight excluding hydrogens is 1540 g/mol. The number of carbonyl (C=O) groups excluding carboxylic acids is 16. The molecule has 0 aliphatic carbocycles. The van der Waals surface area contributed by atoms with E-state index in [1.54, 1.807) is 46.1 Å². The first-order valence-corrected chi connectivity index (χ1v) is 41.2. The van der Waals surface area contributed by atoms with Gasteiger partial charge in [0.15, 0.2) is 0 Å². The average molecular weight is 1680 g/mol. The molecule has 8 aliphatic rings. The molecule has 0 saturated carbocycles. The number of hydrogen-bond acceptors (Lipinski definition) is 24. The molecule has 8 fully saturated rings. The molecule has 0 aromatic rings. The molecule has 8 heterocycles. The monoisotopic (exact) mass is 1670 g/mol. The summed E-state index contributed by atoms with van der Waals surface area (Å²) in [5, 5.41) is 0. The van der Waals surface area contributed by atoms with Crippen molar-refractivity contribution in [1.29, 1.82) is 0 Å². The van der Waals surface area contributed by atoms with Crippen molar-refractivity contribution < 1.29 is 115 Å². The third-order valence-electron chi connectivity index (χ3n) is 19.4. The van der Waals surface area contributed by atoms with Gasteiger partial charge in [0.2, 0.25) is 47.3 Å². The van der Waals surface area contributed by atoms with Crippen LogP contribution in [0.1, 0.15) is 140 Å². The van der Waals surface area contributed by atoms with Gasteiger partial charge in [0, 0.05) is 105 Å². The van der Waals surface area contributed by atoms with Gasteiger partial charge in [-0.25, -0.2) is 0 Å². The molecule has 1 unspecified atom stereocenters. The maximum atomic E-state index is 11.8. The molecule has 0 bridgehead atoms. The molecule has 0 spiro atoms. The zero-order valence-corrected chi connectivity index (χ0v) is 72.3. The van der Waals surface area contributed by atoms with Crippen molar-refractivity contribution in [2.75, 3.05) is 151 Å². The van der Waals surface area contributed by atoms with Crippen LogP contribution in [0.4, 0.5) is 0 Å². The molecule has 0 aromatic heterocycles. The molecule has 1 atom stereocenters. The molecule has 666 valence electrons. The summed E-state index contributed by atoms with van der Waals surface area (Å²) < 4.78 is 39.9. The highest BCUT2D eigenvalue weighted by atomic mass is 16.6. The fraction of sp³-hybridized carbons (Fsp3) is 0.632. The lowest BCUT2D eigenvalue weighted by Gasteiger charge is -2.37. The summed E-state index contributed by atoms with van der Waals surface area (Å²) in [5.74, 6) is -2.86. The third-order valence-corrected chi connectivity index (χ3v) is 19.4. The smallest absolute Gasteiger partial charge is 0.312 e. The van der Waals surface area contributed by atoms with Crippen LogP contribution < -0.4 is 0 Å². The summed E-state index contributed by atoms with van der Waals surface area (Å²) in [4.78, 5) is 192. The van der Waals surface area contributed by atoms with Gasteiger partial charge >= 0.3 is 47.8 Å². The van der Waals surface area contributed by atoms with Gasteiger partial charge in [-0.15, -0.1) is 0 Å². The van der Waals surface area contributed by atoms with E-state index in [-0.39, 0.29) is 148 Å². The van der Waals surface area contributed by atoms with E-state index in [9.17, 15) is 76.7 Å². The molecule has 119 heavy (non-hydrogen) atoms. The van der Waals surface area contributed by atoms with Crippen molar-refractivity contribution >= 4 is 95.0 Å². The Balaban J connectivity index is 0.000000682. The molecule has 0 aromatic carbocycles. The molecule has 32 nitrogen and oxygen atoms in total. The first-order valence-electron chi connectivity index (χ1n) is 41.2. The molecule has 0 N–H and O–H groups in total. The number of amides is 8. The van der Waals surface area contributed by atoms with Crippen molar-refractivity contribution in [3.63, 3.8) is 0 Å².